The molecule has 102 valence electrons. The summed E-state index contributed by atoms with van der Waals surface area (Å²) in [6, 6.07) is 9.41. The van der Waals surface area contributed by atoms with Gasteiger partial charge >= 0.3 is 0 Å². The van der Waals surface area contributed by atoms with Crippen molar-refractivity contribution in [2.75, 3.05) is 5.73 Å². The first-order valence-corrected chi connectivity index (χ1v) is 8.30. The average Bonchev–Trinajstić information content (AvgIpc) is 2.93. The Morgan fingerprint density at radius 1 is 1.25 bits per heavy atom. The van der Waals surface area contributed by atoms with Crippen molar-refractivity contribution in [3.8, 4) is 21.8 Å². The monoisotopic (exact) mass is 432 g/mol. The van der Waals surface area contributed by atoms with Gasteiger partial charge in [0.25, 0.3) is 0 Å². The molecule has 2 heterocycles. The minimum absolute atomic E-state index is 0.350. The molecule has 0 radical (unpaired) electrons. The highest BCUT2D eigenvalue weighted by atomic mass is 79.9. The number of halogens is 3. The number of hydrogen-bond donors (Lipinski definition) is 1. The largest absolute Gasteiger partial charge is 0.380 e. The second-order valence-corrected chi connectivity index (χ2v) is 7.68. The molecule has 0 aliphatic carbocycles. The normalized spacial score (nSPS) is 10.9. The molecule has 0 saturated carbocycles. The molecule has 0 saturated heterocycles. The van der Waals surface area contributed by atoms with Crippen LogP contribution in [-0.4, -0.2) is 5.16 Å². The molecule has 1 aromatic carbocycles. The molecule has 0 amide bonds. The van der Waals surface area contributed by atoms with E-state index in [9.17, 15) is 0 Å². The summed E-state index contributed by atoms with van der Waals surface area (Å²) in [4.78, 5) is 0.933. The SMILES string of the molecule is Nc1noc(-c2cc(Br)c(Br)s2)c1-c1cccc(Cl)c1. The second-order valence-electron chi connectivity index (χ2n) is 4.01. The summed E-state index contributed by atoms with van der Waals surface area (Å²) in [5, 5.41) is 4.51. The molecular weight excluding hydrogens is 427 g/mol. The predicted octanol–water partition coefficient (Wildman–Crippen LogP) is 5.83. The number of anilines is 1. The summed E-state index contributed by atoms with van der Waals surface area (Å²) in [7, 11) is 0. The van der Waals surface area contributed by atoms with Gasteiger partial charge in [-0.3, -0.25) is 0 Å². The lowest BCUT2D eigenvalue weighted by molar-refractivity contribution is 0.437. The number of thiophene rings is 1. The smallest absolute Gasteiger partial charge is 0.186 e. The van der Waals surface area contributed by atoms with Gasteiger partial charge in [-0.15, -0.1) is 11.3 Å². The van der Waals surface area contributed by atoms with Crippen molar-refractivity contribution in [3.63, 3.8) is 0 Å². The van der Waals surface area contributed by atoms with Gasteiger partial charge in [0.1, 0.15) is 0 Å². The van der Waals surface area contributed by atoms with Crippen LogP contribution < -0.4 is 5.73 Å². The van der Waals surface area contributed by atoms with Crippen LogP contribution in [0.25, 0.3) is 21.8 Å². The van der Waals surface area contributed by atoms with Crippen LogP contribution in [0, 0.1) is 0 Å². The molecule has 2 N–H and O–H groups in total. The number of nitrogen functional groups attached to an aromatic ring is 1. The van der Waals surface area contributed by atoms with Crippen LogP contribution in [-0.2, 0) is 0 Å². The minimum atomic E-state index is 0.350. The van der Waals surface area contributed by atoms with E-state index in [2.05, 4.69) is 37.0 Å². The molecule has 7 heteroatoms. The Morgan fingerprint density at radius 3 is 2.70 bits per heavy atom. The van der Waals surface area contributed by atoms with Crippen molar-refractivity contribution in [2.45, 2.75) is 0 Å². The predicted molar refractivity (Wildman–Crippen MR) is 90.1 cm³/mol. The van der Waals surface area contributed by atoms with Gasteiger partial charge in [0.05, 0.1) is 14.2 Å². The lowest BCUT2D eigenvalue weighted by Crippen LogP contribution is -1.88. The minimum Gasteiger partial charge on any atom is -0.380 e. The molecular formula is C13H7Br2ClN2OS. The zero-order valence-electron chi connectivity index (χ0n) is 9.86. The molecule has 3 nitrogen and oxygen atoms in total. The number of benzene rings is 1. The van der Waals surface area contributed by atoms with E-state index in [0.29, 0.717) is 16.6 Å². The molecule has 0 aliphatic rings. The molecule has 3 aromatic rings. The van der Waals surface area contributed by atoms with E-state index < -0.39 is 0 Å². The maximum absolute atomic E-state index is 6.04. The van der Waals surface area contributed by atoms with Crippen molar-refractivity contribution in [1.29, 1.82) is 0 Å². The standard InChI is InChI=1S/C13H7Br2ClN2OS/c14-8-5-9(20-12(8)15)11-10(13(17)18-19-11)6-2-1-3-7(16)4-6/h1-5H,(H2,17,18). The molecule has 3 rings (SSSR count). The average molecular weight is 435 g/mol. The Morgan fingerprint density at radius 2 is 2.05 bits per heavy atom. The van der Waals surface area contributed by atoms with Gasteiger partial charge in [-0.1, -0.05) is 28.9 Å². The van der Waals surface area contributed by atoms with Crippen LogP contribution in [0.4, 0.5) is 5.82 Å². The highest BCUT2D eigenvalue weighted by Crippen LogP contribution is 2.44. The maximum Gasteiger partial charge on any atom is 0.186 e. The molecule has 20 heavy (non-hydrogen) atoms. The second kappa shape index (κ2) is 5.52. The molecule has 0 atom stereocenters. The first-order valence-electron chi connectivity index (χ1n) is 5.52. The third-order valence-electron chi connectivity index (χ3n) is 2.70. The molecule has 2 aromatic heterocycles. The molecule has 0 fully saturated rings. The topological polar surface area (TPSA) is 52.0 Å². The van der Waals surface area contributed by atoms with Gasteiger partial charge in [0.15, 0.2) is 11.6 Å². The zero-order valence-corrected chi connectivity index (χ0v) is 14.6. The van der Waals surface area contributed by atoms with Gasteiger partial charge in [0, 0.05) is 9.50 Å². The highest BCUT2D eigenvalue weighted by molar-refractivity contribution is 9.13. The summed E-state index contributed by atoms with van der Waals surface area (Å²) in [5.41, 5.74) is 7.58. The van der Waals surface area contributed by atoms with Crippen molar-refractivity contribution in [3.05, 3.63) is 43.6 Å². The first-order chi connectivity index (χ1) is 9.56. The van der Waals surface area contributed by atoms with Gasteiger partial charge in [-0.2, -0.15) is 0 Å². The van der Waals surface area contributed by atoms with Gasteiger partial charge in [0.2, 0.25) is 0 Å². The van der Waals surface area contributed by atoms with Crippen LogP contribution in [0.2, 0.25) is 5.02 Å². The summed E-state index contributed by atoms with van der Waals surface area (Å²) in [5.74, 6) is 0.990. The van der Waals surface area contributed by atoms with E-state index in [1.54, 1.807) is 11.3 Å². The quantitative estimate of drug-likeness (QED) is 0.552. The zero-order chi connectivity index (χ0) is 14.3. The Balaban J connectivity index is 2.19. The number of nitrogens with zero attached hydrogens (tertiary/aromatic N) is 1. The lowest BCUT2D eigenvalue weighted by Gasteiger charge is -2.01. The summed E-state index contributed by atoms with van der Waals surface area (Å²) < 4.78 is 7.34. The Labute approximate surface area is 141 Å². The van der Waals surface area contributed by atoms with E-state index >= 15 is 0 Å². The number of nitrogens with two attached hydrogens (primary N) is 1. The molecule has 0 spiro atoms. The maximum atomic E-state index is 6.04. The fourth-order valence-corrected chi connectivity index (χ4v) is 4.06. The summed E-state index contributed by atoms with van der Waals surface area (Å²) >= 11 is 14.5. The fourth-order valence-electron chi connectivity index (χ4n) is 1.85. The van der Waals surface area contributed by atoms with Crippen molar-refractivity contribution >= 4 is 60.6 Å². The van der Waals surface area contributed by atoms with Gasteiger partial charge in [-0.05, 0) is 55.6 Å². The molecule has 0 bridgehead atoms. The van der Waals surface area contributed by atoms with Crippen molar-refractivity contribution in [2.24, 2.45) is 0 Å². The number of aromatic nitrogens is 1. The third-order valence-corrected chi connectivity index (χ3v) is 6.19. The van der Waals surface area contributed by atoms with Crippen molar-refractivity contribution < 1.29 is 4.52 Å². The van der Waals surface area contributed by atoms with E-state index in [1.807, 2.05) is 30.3 Å². The summed E-state index contributed by atoms with van der Waals surface area (Å²) in [6.45, 7) is 0. The Hall–Kier alpha value is -0.820. The molecule has 0 unspecified atom stereocenters. The van der Waals surface area contributed by atoms with E-state index in [0.717, 1.165) is 24.3 Å². The lowest BCUT2D eigenvalue weighted by atomic mass is 10.1. The van der Waals surface area contributed by atoms with E-state index in [-0.39, 0.29) is 0 Å². The van der Waals surface area contributed by atoms with Gasteiger partial charge in [-0.25, -0.2) is 0 Å². The summed E-state index contributed by atoms with van der Waals surface area (Å²) in [6.07, 6.45) is 0. The van der Waals surface area contributed by atoms with Crippen LogP contribution in [0.3, 0.4) is 0 Å². The molecule has 0 aliphatic heterocycles. The Bertz CT molecular complexity index is 765. The number of hydrogen-bond acceptors (Lipinski definition) is 4. The van der Waals surface area contributed by atoms with Crippen molar-refractivity contribution in [1.82, 2.24) is 5.16 Å². The van der Waals surface area contributed by atoms with Crippen LogP contribution >= 0.6 is 54.8 Å². The van der Waals surface area contributed by atoms with E-state index in [4.69, 9.17) is 21.9 Å². The highest BCUT2D eigenvalue weighted by Gasteiger charge is 2.20. The van der Waals surface area contributed by atoms with Crippen LogP contribution in [0.15, 0.2) is 43.1 Å². The Kier molecular flexibility index (Phi) is 3.90. The third kappa shape index (κ3) is 2.53. The number of rotatable bonds is 2. The fraction of sp³-hybridized carbons (Fsp3) is 0. The van der Waals surface area contributed by atoms with Gasteiger partial charge < -0.3 is 10.3 Å². The first kappa shape index (κ1) is 14.1. The van der Waals surface area contributed by atoms with Crippen LogP contribution in [0.5, 0.6) is 0 Å². The van der Waals surface area contributed by atoms with E-state index in [1.165, 1.54) is 0 Å². The van der Waals surface area contributed by atoms with Crippen LogP contribution in [0.1, 0.15) is 0 Å².